The van der Waals surface area contributed by atoms with Gasteiger partial charge in [-0.2, -0.15) is 0 Å². The lowest BCUT2D eigenvalue weighted by atomic mass is 10.0. The van der Waals surface area contributed by atoms with E-state index in [2.05, 4.69) is 35.5 Å². The van der Waals surface area contributed by atoms with Gasteiger partial charge in [0.2, 0.25) is 0 Å². The molecule has 0 spiro atoms. The lowest BCUT2D eigenvalue weighted by molar-refractivity contribution is 0.728. The maximum Gasteiger partial charge on any atom is 0.0794 e. The Labute approximate surface area is 104 Å². The summed E-state index contributed by atoms with van der Waals surface area (Å²) in [5, 5.41) is 0. The fourth-order valence-electron chi connectivity index (χ4n) is 1.53. The SMILES string of the molecule is CSc1ccc(C(N)Cc2cncs2)cc1. The molecule has 0 radical (unpaired) electrons. The van der Waals surface area contributed by atoms with Crippen molar-refractivity contribution in [2.75, 3.05) is 6.26 Å². The first-order valence-electron chi connectivity index (χ1n) is 5.06. The van der Waals surface area contributed by atoms with Crippen LogP contribution in [0.3, 0.4) is 0 Å². The molecule has 16 heavy (non-hydrogen) atoms. The van der Waals surface area contributed by atoms with E-state index in [1.807, 2.05) is 11.7 Å². The second kappa shape index (κ2) is 5.48. The summed E-state index contributed by atoms with van der Waals surface area (Å²) in [6, 6.07) is 8.52. The maximum atomic E-state index is 6.15. The number of nitrogens with zero attached hydrogens (tertiary/aromatic N) is 1. The van der Waals surface area contributed by atoms with Crippen LogP contribution in [-0.2, 0) is 6.42 Å². The molecule has 84 valence electrons. The molecule has 1 aromatic heterocycles. The van der Waals surface area contributed by atoms with Gasteiger partial charge in [-0.3, -0.25) is 4.98 Å². The number of hydrogen-bond acceptors (Lipinski definition) is 4. The van der Waals surface area contributed by atoms with Crippen LogP contribution in [0.25, 0.3) is 0 Å². The van der Waals surface area contributed by atoms with Gasteiger partial charge in [0.05, 0.1) is 5.51 Å². The van der Waals surface area contributed by atoms with Gasteiger partial charge in [0.15, 0.2) is 0 Å². The second-order valence-corrected chi connectivity index (χ2v) is 5.40. The predicted octanol–water partition coefficient (Wildman–Crippen LogP) is 3.11. The van der Waals surface area contributed by atoms with Gasteiger partial charge in [0.25, 0.3) is 0 Å². The summed E-state index contributed by atoms with van der Waals surface area (Å²) in [6.07, 6.45) is 4.83. The highest BCUT2D eigenvalue weighted by molar-refractivity contribution is 7.98. The summed E-state index contributed by atoms with van der Waals surface area (Å²) in [5.41, 5.74) is 9.18. The summed E-state index contributed by atoms with van der Waals surface area (Å²) >= 11 is 3.40. The molecular weight excluding hydrogens is 236 g/mol. The summed E-state index contributed by atoms with van der Waals surface area (Å²) in [6.45, 7) is 0. The van der Waals surface area contributed by atoms with E-state index in [4.69, 9.17) is 5.73 Å². The molecule has 2 N–H and O–H groups in total. The first-order valence-corrected chi connectivity index (χ1v) is 7.17. The largest absolute Gasteiger partial charge is 0.324 e. The minimum Gasteiger partial charge on any atom is -0.324 e. The zero-order chi connectivity index (χ0) is 11.4. The molecule has 0 fully saturated rings. The standard InChI is InChI=1S/C12H14N2S2/c1-15-10-4-2-9(3-5-10)12(13)6-11-7-14-8-16-11/h2-5,7-8,12H,6,13H2,1H3. The smallest absolute Gasteiger partial charge is 0.0794 e. The number of nitrogens with two attached hydrogens (primary N) is 1. The highest BCUT2D eigenvalue weighted by Crippen LogP contribution is 2.21. The zero-order valence-corrected chi connectivity index (χ0v) is 10.7. The van der Waals surface area contributed by atoms with E-state index in [0.29, 0.717) is 0 Å². The highest BCUT2D eigenvalue weighted by Gasteiger charge is 2.07. The van der Waals surface area contributed by atoms with E-state index in [1.54, 1.807) is 23.1 Å². The van der Waals surface area contributed by atoms with Gasteiger partial charge in [0.1, 0.15) is 0 Å². The third-order valence-electron chi connectivity index (χ3n) is 2.45. The molecule has 2 nitrogen and oxygen atoms in total. The third kappa shape index (κ3) is 2.84. The summed E-state index contributed by atoms with van der Waals surface area (Å²) in [5.74, 6) is 0. The van der Waals surface area contributed by atoms with E-state index < -0.39 is 0 Å². The molecule has 1 aromatic carbocycles. The van der Waals surface area contributed by atoms with Crippen LogP contribution < -0.4 is 5.73 Å². The number of thioether (sulfide) groups is 1. The lowest BCUT2D eigenvalue weighted by Gasteiger charge is -2.10. The van der Waals surface area contributed by atoms with Crippen molar-refractivity contribution < 1.29 is 0 Å². The Morgan fingerprint density at radius 1 is 1.38 bits per heavy atom. The van der Waals surface area contributed by atoms with Crippen molar-refractivity contribution in [3.05, 3.63) is 46.4 Å². The van der Waals surface area contributed by atoms with Gasteiger partial charge in [-0.25, -0.2) is 0 Å². The summed E-state index contributed by atoms with van der Waals surface area (Å²) in [4.78, 5) is 6.57. The fraction of sp³-hybridized carbons (Fsp3) is 0.250. The Balaban J connectivity index is 2.05. The average molecular weight is 250 g/mol. The summed E-state index contributed by atoms with van der Waals surface area (Å²) in [7, 11) is 0. The first kappa shape index (κ1) is 11.6. The normalized spacial score (nSPS) is 12.6. The van der Waals surface area contributed by atoms with Crippen LogP contribution >= 0.6 is 23.1 Å². The quantitative estimate of drug-likeness (QED) is 0.847. The van der Waals surface area contributed by atoms with Crippen LogP contribution in [0.5, 0.6) is 0 Å². The van der Waals surface area contributed by atoms with Crippen LogP contribution in [0.2, 0.25) is 0 Å². The van der Waals surface area contributed by atoms with Gasteiger partial charge in [-0.15, -0.1) is 23.1 Å². The molecule has 0 bridgehead atoms. The van der Waals surface area contributed by atoms with E-state index >= 15 is 0 Å². The topological polar surface area (TPSA) is 38.9 Å². The third-order valence-corrected chi connectivity index (χ3v) is 3.99. The molecule has 1 heterocycles. The van der Waals surface area contributed by atoms with E-state index in [1.165, 1.54) is 15.3 Å². The number of thiazole rings is 1. The molecule has 0 saturated carbocycles. The molecule has 0 aliphatic carbocycles. The number of aromatic nitrogens is 1. The molecular formula is C12H14N2S2. The van der Waals surface area contributed by atoms with Crippen LogP contribution in [0.15, 0.2) is 40.9 Å². The van der Waals surface area contributed by atoms with Crippen molar-refractivity contribution in [3.63, 3.8) is 0 Å². The molecule has 0 aliphatic heterocycles. The molecule has 1 atom stereocenters. The van der Waals surface area contributed by atoms with E-state index in [-0.39, 0.29) is 6.04 Å². The second-order valence-electron chi connectivity index (χ2n) is 3.55. The molecule has 0 amide bonds. The molecule has 0 saturated heterocycles. The van der Waals surface area contributed by atoms with Crippen LogP contribution in [0.4, 0.5) is 0 Å². The molecule has 1 unspecified atom stereocenters. The van der Waals surface area contributed by atoms with Crippen molar-refractivity contribution in [2.24, 2.45) is 5.73 Å². The minimum absolute atomic E-state index is 0.0661. The zero-order valence-electron chi connectivity index (χ0n) is 9.09. The Hall–Kier alpha value is -0.840. The highest BCUT2D eigenvalue weighted by atomic mass is 32.2. The Kier molecular flexibility index (Phi) is 3.98. The van der Waals surface area contributed by atoms with E-state index in [9.17, 15) is 0 Å². The first-order chi connectivity index (χ1) is 7.79. The Morgan fingerprint density at radius 3 is 2.69 bits per heavy atom. The fourth-order valence-corrected chi connectivity index (χ4v) is 2.59. The predicted molar refractivity (Wildman–Crippen MR) is 71.0 cm³/mol. The minimum atomic E-state index is 0.0661. The Morgan fingerprint density at radius 2 is 2.12 bits per heavy atom. The molecule has 0 aliphatic rings. The van der Waals surface area contributed by atoms with Gasteiger partial charge in [-0.1, -0.05) is 12.1 Å². The van der Waals surface area contributed by atoms with Crippen LogP contribution in [0, 0.1) is 0 Å². The van der Waals surface area contributed by atoms with Gasteiger partial charge >= 0.3 is 0 Å². The van der Waals surface area contributed by atoms with Crippen LogP contribution in [-0.4, -0.2) is 11.2 Å². The molecule has 4 heteroatoms. The van der Waals surface area contributed by atoms with Crippen molar-refractivity contribution in [2.45, 2.75) is 17.4 Å². The van der Waals surface area contributed by atoms with Crippen molar-refractivity contribution in [1.82, 2.24) is 4.98 Å². The number of hydrogen-bond donors (Lipinski definition) is 1. The molecule has 2 aromatic rings. The van der Waals surface area contributed by atoms with Crippen molar-refractivity contribution in [3.8, 4) is 0 Å². The average Bonchev–Trinajstić information content (AvgIpc) is 2.82. The van der Waals surface area contributed by atoms with Crippen LogP contribution in [0.1, 0.15) is 16.5 Å². The van der Waals surface area contributed by atoms with Gasteiger partial charge in [-0.05, 0) is 24.0 Å². The lowest BCUT2D eigenvalue weighted by Crippen LogP contribution is -2.12. The number of rotatable bonds is 4. The van der Waals surface area contributed by atoms with Crippen molar-refractivity contribution in [1.29, 1.82) is 0 Å². The van der Waals surface area contributed by atoms with Crippen molar-refractivity contribution >= 4 is 23.1 Å². The number of benzene rings is 1. The van der Waals surface area contributed by atoms with Gasteiger partial charge in [0, 0.05) is 28.4 Å². The Bertz CT molecular complexity index is 423. The molecule has 2 rings (SSSR count). The summed E-state index contributed by atoms with van der Waals surface area (Å²) < 4.78 is 0. The van der Waals surface area contributed by atoms with Gasteiger partial charge < -0.3 is 5.73 Å². The maximum absolute atomic E-state index is 6.15. The van der Waals surface area contributed by atoms with E-state index in [0.717, 1.165) is 6.42 Å². The monoisotopic (exact) mass is 250 g/mol.